The van der Waals surface area contributed by atoms with Crippen molar-refractivity contribution in [3.8, 4) is 5.88 Å². The molecule has 210 valence electrons. The molecule has 1 aromatic heterocycles. The van der Waals surface area contributed by atoms with Crippen LogP contribution in [0.15, 0.2) is 36.7 Å². The average molecular weight is 561 g/mol. The maximum absolute atomic E-state index is 15.5. The van der Waals surface area contributed by atoms with Crippen LogP contribution in [0.25, 0.3) is 0 Å². The van der Waals surface area contributed by atoms with Gasteiger partial charge in [-0.15, -0.1) is 0 Å². The standard InChI is InChI=1S/C23H30F2N3O9P/c1-4-34-38(32,35-5-2)23(24,25)11-16-18(33-12-15-9-7-6-8-10-15)19(36-14(3)29)22(37-16)28-13-27-17(20(26)30)21(28)31/h6-10,13,16,18-19,22,31H,4-5,11-12H2,1-3H3,(H2,26,30)/t16-,18+,19?,22-/m1/s1. The third-order valence-electron chi connectivity index (χ3n) is 5.59. The second kappa shape index (κ2) is 12.3. The van der Waals surface area contributed by atoms with Gasteiger partial charge in [0.1, 0.15) is 12.4 Å². The summed E-state index contributed by atoms with van der Waals surface area (Å²) in [5.74, 6) is -2.59. The molecule has 3 rings (SSSR count). The van der Waals surface area contributed by atoms with Crippen LogP contribution in [0, 0.1) is 0 Å². The summed E-state index contributed by atoms with van der Waals surface area (Å²) in [4.78, 5) is 27.3. The molecule has 2 heterocycles. The van der Waals surface area contributed by atoms with Crippen LogP contribution in [-0.2, 0) is 39.2 Å². The lowest BCUT2D eigenvalue weighted by Crippen LogP contribution is -2.40. The maximum atomic E-state index is 15.5. The van der Waals surface area contributed by atoms with Gasteiger partial charge in [-0.25, -0.2) is 4.98 Å². The highest BCUT2D eigenvalue weighted by atomic mass is 31.2. The monoisotopic (exact) mass is 561 g/mol. The van der Waals surface area contributed by atoms with Gasteiger partial charge in [0.15, 0.2) is 18.0 Å². The van der Waals surface area contributed by atoms with E-state index in [1.165, 1.54) is 13.8 Å². The number of esters is 1. The first-order valence-electron chi connectivity index (χ1n) is 11.7. The van der Waals surface area contributed by atoms with E-state index < -0.39 is 67.7 Å². The van der Waals surface area contributed by atoms with Gasteiger partial charge in [0.2, 0.25) is 5.88 Å². The number of aromatic hydroxyl groups is 1. The Balaban J connectivity index is 2.02. The number of carbonyl (C=O) groups excluding carboxylic acids is 2. The fraction of sp³-hybridized carbons (Fsp3) is 0.522. The molecule has 1 saturated heterocycles. The first-order valence-corrected chi connectivity index (χ1v) is 13.3. The molecule has 3 N–H and O–H groups in total. The quantitative estimate of drug-likeness (QED) is 0.274. The number of alkyl halides is 2. The van der Waals surface area contributed by atoms with Crippen molar-refractivity contribution in [2.75, 3.05) is 13.2 Å². The van der Waals surface area contributed by atoms with Crippen LogP contribution < -0.4 is 5.73 Å². The second-order valence-electron chi connectivity index (χ2n) is 8.29. The molecule has 1 aliphatic rings. The number of aromatic nitrogens is 2. The lowest BCUT2D eigenvalue weighted by molar-refractivity contribution is -0.158. The third-order valence-corrected chi connectivity index (χ3v) is 7.77. The fourth-order valence-corrected chi connectivity index (χ4v) is 5.55. The van der Waals surface area contributed by atoms with E-state index in [9.17, 15) is 19.3 Å². The number of hydrogen-bond donors (Lipinski definition) is 2. The predicted octanol–water partition coefficient (Wildman–Crippen LogP) is 3.35. The Labute approximate surface area is 217 Å². The molecule has 0 aliphatic carbocycles. The summed E-state index contributed by atoms with van der Waals surface area (Å²) in [6, 6.07) is 8.74. The van der Waals surface area contributed by atoms with E-state index in [1.807, 2.05) is 0 Å². The Morgan fingerprint density at radius 3 is 2.34 bits per heavy atom. The summed E-state index contributed by atoms with van der Waals surface area (Å²) < 4.78 is 71.6. The number of halogens is 2. The van der Waals surface area contributed by atoms with Gasteiger partial charge in [0, 0.05) is 6.92 Å². The number of imidazole rings is 1. The largest absolute Gasteiger partial charge is 0.493 e. The summed E-state index contributed by atoms with van der Waals surface area (Å²) in [7, 11) is -4.94. The molecule has 1 fully saturated rings. The summed E-state index contributed by atoms with van der Waals surface area (Å²) in [6.07, 6.45) is -5.97. The van der Waals surface area contributed by atoms with Gasteiger partial charge in [-0.05, 0) is 19.4 Å². The number of amides is 1. The van der Waals surface area contributed by atoms with Gasteiger partial charge in [0.05, 0.1) is 32.3 Å². The minimum atomic E-state index is -4.94. The van der Waals surface area contributed by atoms with Crippen molar-refractivity contribution in [1.29, 1.82) is 0 Å². The van der Waals surface area contributed by atoms with Gasteiger partial charge >= 0.3 is 19.2 Å². The van der Waals surface area contributed by atoms with Crippen molar-refractivity contribution in [2.45, 2.75) is 64.0 Å². The zero-order valence-corrected chi connectivity index (χ0v) is 21.9. The SMILES string of the molecule is CCOP(=O)(OCC)C(F)(F)C[C@H]1O[C@@H](n2cnc(C(N)=O)c2O)C(OC(C)=O)[C@H]1OCc1ccccc1. The highest BCUT2D eigenvalue weighted by molar-refractivity contribution is 7.55. The van der Waals surface area contributed by atoms with Crippen LogP contribution in [0.4, 0.5) is 8.78 Å². The molecule has 0 bridgehead atoms. The zero-order valence-electron chi connectivity index (χ0n) is 21.0. The van der Waals surface area contributed by atoms with E-state index in [2.05, 4.69) is 4.98 Å². The topological polar surface area (TPSA) is 161 Å². The molecule has 0 radical (unpaired) electrons. The van der Waals surface area contributed by atoms with E-state index in [1.54, 1.807) is 30.3 Å². The molecule has 38 heavy (non-hydrogen) atoms. The highest BCUT2D eigenvalue weighted by Gasteiger charge is 2.59. The van der Waals surface area contributed by atoms with Crippen LogP contribution in [0.5, 0.6) is 5.88 Å². The van der Waals surface area contributed by atoms with Crippen molar-refractivity contribution < 1.29 is 51.3 Å². The van der Waals surface area contributed by atoms with Crippen LogP contribution >= 0.6 is 7.60 Å². The molecule has 1 unspecified atom stereocenters. The van der Waals surface area contributed by atoms with Gasteiger partial charge in [-0.1, -0.05) is 30.3 Å². The summed E-state index contributed by atoms with van der Waals surface area (Å²) in [5.41, 5.74) is 1.34. The molecular weight excluding hydrogens is 531 g/mol. The number of nitrogens with two attached hydrogens (primary N) is 1. The zero-order chi connectivity index (χ0) is 28.1. The fourth-order valence-electron chi connectivity index (χ4n) is 4.02. The van der Waals surface area contributed by atoms with Crippen LogP contribution in [-0.4, -0.2) is 63.7 Å². The Bertz CT molecular complexity index is 1150. The van der Waals surface area contributed by atoms with Crippen molar-refractivity contribution >= 4 is 19.5 Å². The van der Waals surface area contributed by atoms with Crippen LogP contribution in [0.2, 0.25) is 0 Å². The smallest absolute Gasteiger partial charge is 0.399 e. The predicted molar refractivity (Wildman–Crippen MR) is 127 cm³/mol. The maximum Gasteiger partial charge on any atom is 0.399 e. The molecule has 4 atom stereocenters. The number of hydrogen-bond acceptors (Lipinski definition) is 10. The normalized spacial score (nSPS) is 21.9. The van der Waals surface area contributed by atoms with Crippen molar-refractivity contribution in [3.05, 3.63) is 47.9 Å². The highest BCUT2D eigenvalue weighted by Crippen LogP contribution is 2.64. The summed E-state index contributed by atoms with van der Waals surface area (Å²) in [6.45, 7) is 3.19. The van der Waals surface area contributed by atoms with Crippen molar-refractivity contribution in [3.63, 3.8) is 0 Å². The summed E-state index contributed by atoms with van der Waals surface area (Å²) in [5, 5.41) is 10.5. The molecule has 15 heteroatoms. The third kappa shape index (κ3) is 6.38. The van der Waals surface area contributed by atoms with E-state index >= 15 is 8.78 Å². The first-order chi connectivity index (χ1) is 17.9. The second-order valence-corrected chi connectivity index (χ2v) is 10.5. The van der Waals surface area contributed by atoms with Crippen molar-refractivity contribution in [1.82, 2.24) is 9.55 Å². The number of carbonyl (C=O) groups is 2. The molecule has 1 amide bonds. The number of nitrogens with zero attached hydrogens (tertiary/aromatic N) is 2. The Kier molecular flexibility index (Phi) is 9.60. The molecule has 0 saturated carbocycles. The Hall–Kier alpha value is -2.90. The molecule has 1 aromatic carbocycles. The van der Waals surface area contributed by atoms with E-state index in [-0.39, 0.29) is 19.8 Å². The average Bonchev–Trinajstić information content (AvgIpc) is 3.37. The van der Waals surface area contributed by atoms with Gasteiger partial charge in [-0.2, -0.15) is 8.78 Å². The van der Waals surface area contributed by atoms with Gasteiger partial charge in [0.25, 0.3) is 5.91 Å². The number of benzene rings is 1. The number of ether oxygens (including phenoxy) is 3. The number of rotatable bonds is 13. The lowest BCUT2D eigenvalue weighted by atomic mass is 10.1. The molecule has 2 aromatic rings. The minimum Gasteiger partial charge on any atom is -0.493 e. The van der Waals surface area contributed by atoms with E-state index in [0.717, 1.165) is 17.8 Å². The van der Waals surface area contributed by atoms with Gasteiger partial charge in [-0.3, -0.25) is 18.7 Å². The molecule has 1 aliphatic heterocycles. The van der Waals surface area contributed by atoms with Crippen LogP contribution in [0.1, 0.15) is 49.5 Å². The molecule has 12 nitrogen and oxygen atoms in total. The Morgan fingerprint density at radius 2 is 1.82 bits per heavy atom. The molecular formula is C23H30F2N3O9P. The minimum absolute atomic E-state index is 0.0849. The first kappa shape index (κ1) is 29.7. The molecule has 0 spiro atoms. The van der Waals surface area contributed by atoms with Crippen LogP contribution in [0.3, 0.4) is 0 Å². The van der Waals surface area contributed by atoms with E-state index in [4.69, 9.17) is 29.0 Å². The lowest BCUT2D eigenvalue weighted by Gasteiger charge is -2.29. The number of primary amides is 1. The van der Waals surface area contributed by atoms with Gasteiger partial charge < -0.3 is 34.1 Å². The van der Waals surface area contributed by atoms with E-state index in [0.29, 0.717) is 5.56 Å². The van der Waals surface area contributed by atoms with Crippen molar-refractivity contribution in [2.24, 2.45) is 5.73 Å². The Morgan fingerprint density at radius 1 is 1.18 bits per heavy atom. The summed E-state index contributed by atoms with van der Waals surface area (Å²) >= 11 is 0.